The van der Waals surface area contributed by atoms with Crippen LogP contribution in [0.5, 0.6) is 0 Å². The fourth-order valence-electron chi connectivity index (χ4n) is 2.04. The van der Waals surface area contributed by atoms with Crippen molar-refractivity contribution in [3.05, 3.63) is 18.0 Å². The highest BCUT2D eigenvalue weighted by molar-refractivity contribution is 5.87. The minimum atomic E-state index is -1.15. The van der Waals surface area contributed by atoms with Gasteiger partial charge in [-0.3, -0.25) is 9.48 Å². The van der Waals surface area contributed by atoms with Crippen molar-refractivity contribution in [3.8, 4) is 0 Å². The number of aliphatic hydroxyl groups excluding tert-OH is 1. The van der Waals surface area contributed by atoms with Gasteiger partial charge in [0.2, 0.25) is 5.91 Å². The van der Waals surface area contributed by atoms with E-state index in [4.69, 9.17) is 5.11 Å². The van der Waals surface area contributed by atoms with Crippen LogP contribution in [-0.4, -0.2) is 50.6 Å². The third kappa shape index (κ3) is 3.09. The van der Waals surface area contributed by atoms with Crippen LogP contribution in [0.1, 0.15) is 18.0 Å². The van der Waals surface area contributed by atoms with Crippen LogP contribution in [0.25, 0.3) is 0 Å². The number of aliphatic carboxylic acids is 1. The van der Waals surface area contributed by atoms with Crippen LogP contribution in [-0.2, 0) is 16.6 Å². The summed E-state index contributed by atoms with van der Waals surface area (Å²) in [6.45, 7) is 0.336. The molecule has 1 aromatic heterocycles. The molecular formula is C11H16N4O4. The second kappa shape index (κ2) is 5.37. The Morgan fingerprint density at radius 1 is 1.63 bits per heavy atom. The molecule has 1 amide bonds. The van der Waals surface area contributed by atoms with E-state index >= 15 is 0 Å². The molecule has 0 spiro atoms. The largest absolute Gasteiger partial charge is 0.479 e. The highest BCUT2D eigenvalue weighted by atomic mass is 16.4. The Labute approximate surface area is 109 Å². The Kier molecular flexibility index (Phi) is 3.82. The van der Waals surface area contributed by atoms with Gasteiger partial charge in [-0.25, -0.2) is 4.79 Å². The van der Waals surface area contributed by atoms with E-state index in [0.29, 0.717) is 12.1 Å². The average molecular weight is 268 g/mol. The molecule has 4 N–H and O–H groups in total. The monoisotopic (exact) mass is 268 g/mol. The molecule has 2 heterocycles. The Balaban J connectivity index is 2.05. The predicted molar refractivity (Wildman–Crippen MR) is 64.1 cm³/mol. The van der Waals surface area contributed by atoms with Crippen molar-refractivity contribution in [2.45, 2.75) is 24.6 Å². The number of aryl methyl sites for hydroxylation is 1. The van der Waals surface area contributed by atoms with Crippen LogP contribution in [0.3, 0.4) is 0 Å². The molecule has 1 aromatic rings. The molecule has 0 radical (unpaired) electrons. The molecule has 8 nitrogen and oxygen atoms in total. The second-order valence-electron chi connectivity index (χ2n) is 4.58. The van der Waals surface area contributed by atoms with Gasteiger partial charge in [0.25, 0.3) is 0 Å². The number of carboxylic acid groups (broad SMARTS) is 1. The third-order valence-electron chi connectivity index (χ3n) is 3.02. The standard InChI is InChI=1S/C11H16N4O4/c1-15-5-6(3-13-15)9(11(18)19)14-10(17)8-2-7(16)4-12-8/h3,5,7-9,12,16H,2,4H2,1H3,(H,14,17)(H,18,19). The zero-order chi connectivity index (χ0) is 14.0. The van der Waals surface area contributed by atoms with Crippen LogP contribution >= 0.6 is 0 Å². The maximum Gasteiger partial charge on any atom is 0.331 e. The molecule has 0 aliphatic carbocycles. The van der Waals surface area contributed by atoms with Gasteiger partial charge in [0.15, 0.2) is 6.04 Å². The molecule has 3 unspecified atom stereocenters. The maximum absolute atomic E-state index is 11.9. The number of carbonyl (C=O) groups excluding carboxylic acids is 1. The average Bonchev–Trinajstić information content (AvgIpc) is 2.94. The number of aromatic nitrogens is 2. The van der Waals surface area contributed by atoms with Crippen LogP contribution in [0.15, 0.2) is 12.4 Å². The first-order chi connectivity index (χ1) is 8.97. The number of rotatable bonds is 4. The number of β-amino-alcohol motifs (C(OH)–C–C–N with tert-alkyl or cyclic N) is 1. The maximum atomic E-state index is 11.9. The van der Waals surface area contributed by atoms with Gasteiger partial charge in [-0.2, -0.15) is 5.10 Å². The second-order valence-corrected chi connectivity index (χ2v) is 4.58. The van der Waals surface area contributed by atoms with Gasteiger partial charge < -0.3 is 20.8 Å². The molecule has 1 aliphatic heterocycles. The van der Waals surface area contributed by atoms with E-state index in [-0.39, 0.29) is 6.42 Å². The number of aliphatic hydroxyl groups is 1. The highest BCUT2D eigenvalue weighted by Gasteiger charge is 2.31. The Hall–Kier alpha value is -1.93. The first-order valence-corrected chi connectivity index (χ1v) is 5.90. The molecule has 1 saturated heterocycles. The summed E-state index contributed by atoms with van der Waals surface area (Å²) in [6, 6.07) is -1.70. The topological polar surface area (TPSA) is 116 Å². The molecule has 1 fully saturated rings. The smallest absolute Gasteiger partial charge is 0.331 e. The Bertz CT molecular complexity index is 487. The number of carbonyl (C=O) groups is 2. The summed E-state index contributed by atoms with van der Waals surface area (Å²) in [6.07, 6.45) is 2.65. The number of nitrogens with zero attached hydrogens (tertiary/aromatic N) is 2. The quantitative estimate of drug-likeness (QED) is 0.522. The van der Waals surface area contributed by atoms with E-state index in [1.165, 1.54) is 17.1 Å². The number of amides is 1. The van der Waals surface area contributed by atoms with Crippen LogP contribution < -0.4 is 10.6 Å². The van der Waals surface area contributed by atoms with E-state index in [0.717, 1.165) is 0 Å². The van der Waals surface area contributed by atoms with Crippen molar-refractivity contribution in [2.24, 2.45) is 7.05 Å². The van der Waals surface area contributed by atoms with Crippen molar-refractivity contribution in [2.75, 3.05) is 6.54 Å². The Morgan fingerprint density at radius 2 is 2.37 bits per heavy atom. The summed E-state index contributed by atoms with van der Waals surface area (Å²) in [4.78, 5) is 23.1. The third-order valence-corrected chi connectivity index (χ3v) is 3.02. The number of hydrogen-bond acceptors (Lipinski definition) is 5. The molecular weight excluding hydrogens is 252 g/mol. The molecule has 19 heavy (non-hydrogen) atoms. The van der Waals surface area contributed by atoms with E-state index in [1.807, 2.05) is 0 Å². The van der Waals surface area contributed by atoms with Gasteiger partial charge in [-0.05, 0) is 6.42 Å². The number of nitrogens with one attached hydrogen (secondary N) is 2. The predicted octanol–water partition coefficient (Wildman–Crippen LogP) is -1.62. The molecule has 0 aromatic carbocycles. The molecule has 0 bridgehead atoms. The first kappa shape index (κ1) is 13.5. The zero-order valence-electron chi connectivity index (χ0n) is 10.4. The summed E-state index contributed by atoms with van der Waals surface area (Å²) in [5.74, 6) is -1.59. The lowest BCUT2D eigenvalue weighted by Gasteiger charge is -2.16. The normalized spacial score (nSPS) is 24.1. The van der Waals surface area contributed by atoms with Gasteiger partial charge in [0.1, 0.15) is 0 Å². The summed E-state index contributed by atoms with van der Waals surface area (Å²) in [5.41, 5.74) is 0.405. The van der Waals surface area contributed by atoms with Crippen molar-refractivity contribution >= 4 is 11.9 Å². The first-order valence-electron chi connectivity index (χ1n) is 5.90. The van der Waals surface area contributed by atoms with E-state index in [2.05, 4.69) is 15.7 Å². The van der Waals surface area contributed by atoms with Gasteiger partial charge in [-0.15, -0.1) is 0 Å². The Morgan fingerprint density at radius 3 is 2.84 bits per heavy atom. The van der Waals surface area contributed by atoms with E-state index in [1.54, 1.807) is 7.05 Å². The summed E-state index contributed by atoms with van der Waals surface area (Å²) in [7, 11) is 1.67. The molecule has 2 rings (SSSR count). The van der Waals surface area contributed by atoms with Gasteiger partial charge in [0, 0.05) is 25.4 Å². The van der Waals surface area contributed by atoms with E-state index < -0.39 is 30.1 Å². The minimum Gasteiger partial charge on any atom is -0.479 e. The molecule has 8 heteroatoms. The summed E-state index contributed by atoms with van der Waals surface area (Å²) >= 11 is 0. The highest BCUT2D eigenvalue weighted by Crippen LogP contribution is 2.14. The SMILES string of the molecule is Cn1cc(C(NC(=O)C2CC(O)CN2)C(=O)O)cn1. The van der Waals surface area contributed by atoms with Gasteiger partial charge >= 0.3 is 5.97 Å². The molecule has 104 valence electrons. The fraction of sp³-hybridized carbons (Fsp3) is 0.545. The summed E-state index contributed by atoms with van der Waals surface area (Å²) in [5, 5.41) is 27.7. The van der Waals surface area contributed by atoms with E-state index in [9.17, 15) is 14.7 Å². The van der Waals surface area contributed by atoms with Crippen LogP contribution in [0.2, 0.25) is 0 Å². The lowest BCUT2D eigenvalue weighted by atomic mass is 10.1. The molecule has 1 aliphatic rings. The summed E-state index contributed by atoms with van der Waals surface area (Å²) < 4.78 is 1.47. The number of carboxylic acids is 1. The van der Waals surface area contributed by atoms with Crippen LogP contribution in [0.4, 0.5) is 0 Å². The van der Waals surface area contributed by atoms with Crippen molar-refractivity contribution < 1.29 is 19.8 Å². The minimum absolute atomic E-state index is 0.283. The van der Waals surface area contributed by atoms with Gasteiger partial charge in [-0.1, -0.05) is 0 Å². The van der Waals surface area contributed by atoms with Crippen molar-refractivity contribution in [3.63, 3.8) is 0 Å². The number of hydrogen-bond donors (Lipinski definition) is 4. The lowest BCUT2D eigenvalue weighted by molar-refractivity contribution is -0.142. The van der Waals surface area contributed by atoms with Crippen molar-refractivity contribution in [1.29, 1.82) is 0 Å². The molecule has 3 atom stereocenters. The molecule has 0 saturated carbocycles. The lowest BCUT2D eigenvalue weighted by Crippen LogP contribution is -2.44. The van der Waals surface area contributed by atoms with Gasteiger partial charge in [0.05, 0.1) is 18.3 Å². The fourth-order valence-corrected chi connectivity index (χ4v) is 2.04. The van der Waals surface area contributed by atoms with Crippen molar-refractivity contribution in [1.82, 2.24) is 20.4 Å². The van der Waals surface area contributed by atoms with Crippen LogP contribution in [0, 0.1) is 0 Å². The zero-order valence-corrected chi connectivity index (χ0v) is 10.4.